The van der Waals surface area contributed by atoms with Gasteiger partial charge < -0.3 is 15.2 Å². The van der Waals surface area contributed by atoms with Gasteiger partial charge in [0.15, 0.2) is 11.5 Å². The van der Waals surface area contributed by atoms with Crippen molar-refractivity contribution in [3.05, 3.63) is 24.3 Å². The number of hydrogen-bond acceptors (Lipinski definition) is 3. The molecule has 0 saturated carbocycles. The molecule has 0 aliphatic rings. The van der Waals surface area contributed by atoms with Crippen molar-refractivity contribution >= 4 is 5.91 Å². The molecule has 0 bridgehead atoms. The molecule has 2 N–H and O–H groups in total. The molecule has 0 unspecified atom stereocenters. The van der Waals surface area contributed by atoms with Crippen LogP contribution in [0.4, 0.5) is 0 Å². The Balaban J connectivity index is 2.71. The smallest absolute Gasteiger partial charge is 0.226 e. The van der Waals surface area contributed by atoms with Gasteiger partial charge in [-0.1, -0.05) is 12.1 Å². The summed E-state index contributed by atoms with van der Waals surface area (Å²) in [6, 6.07) is 7.28. The Kier molecular flexibility index (Phi) is 3.77. The van der Waals surface area contributed by atoms with Crippen LogP contribution in [0.15, 0.2) is 24.3 Å². The van der Waals surface area contributed by atoms with E-state index in [1.165, 1.54) is 0 Å². The van der Waals surface area contributed by atoms with Crippen LogP contribution in [-0.2, 0) is 4.79 Å². The van der Waals surface area contributed by atoms with Crippen LogP contribution in [-0.4, -0.2) is 19.6 Å². The number of ether oxygens (including phenoxy) is 2. The summed E-state index contributed by atoms with van der Waals surface area (Å²) in [6.07, 6.45) is 0. The van der Waals surface area contributed by atoms with Crippen LogP contribution in [0.1, 0.15) is 13.8 Å². The number of methoxy groups -OCH3 is 1. The Morgan fingerprint density at radius 2 is 1.88 bits per heavy atom. The van der Waals surface area contributed by atoms with Crippen molar-refractivity contribution in [1.29, 1.82) is 0 Å². The molecule has 0 atom stereocenters. The molecule has 1 aromatic rings. The van der Waals surface area contributed by atoms with E-state index in [-0.39, 0.29) is 12.5 Å². The molecule has 88 valence electrons. The van der Waals surface area contributed by atoms with Crippen LogP contribution in [0, 0.1) is 5.41 Å². The van der Waals surface area contributed by atoms with Gasteiger partial charge in [0.05, 0.1) is 12.5 Å². The lowest BCUT2D eigenvalue weighted by Crippen LogP contribution is -2.36. The summed E-state index contributed by atoms with van der Waals surface area (Å²) in [5.74, 6) is 0.865. The number of hydrogen-bond donors (Lipinski definition) is 1. The first-order chi connectivity index (χ1) is 7.47. The van der Waals surface area contributed by atoms with E-state index in [0.29, 0.717) is 11.5 Å². The summed E-state index contributed by atoms with van der Waals surface area (Å²) < 4.78 is 10.7. The average molecular weight is 223 g/mol. The predicted molar refractivity (Wildman–Crippen MR) is 61.5 cm³/mol. The van der Waals surface area contributed by atoms with Crippen molar-refractivity contribution in [1.82, 2.24) is 0 Å². The van der Waals surface area contributed by atoms with E-state index < -0.39 is 5.41 Å². The summed E-state index contributed by atoms with van der Waals surface area (Å²) in [7, 11) is 1.57. The van der Waals surface area contributed by atoms with E-state index >= 15 is 0 Å². The van der Waals surface area contributed by atoms with Crippen LogP contribution < -0.4 is 15.2 Å². The number of carbonyl (C=O) groups is 1. The van der Waals surface area contributed by atoms with Gasteiger partial charge in [-0.25, -0.2) is 0 Å². The van der Waals surface area contributed by atoms with Gasteiger partial charge in [0.25, 0.3) is 0 Å². The molecule has 4 nitrogen and oxygen atoms in total. The standard InChI is InChI=1S/C12H17NO3/c1-12(2,11(13)14)8-16-10-7-5-4-6-9(10)15-3/h4-7H,8H2,1-3H3,(H2,13,14). The van der Waals surface area contributed by atoms with E-state index in [1.807, 2.05) is 12.1 Å². The molecule has 0 radical (unpaired) electrons. The minimum atomic E-state index is -0.694. The largest absolute Gasteiger partial charge is 0.493 e. The van der Waals surface area contributed by atoms with E-state index in [2.05, 4.69) is 0 Å². The lowest BCUT2D eigenvalue weighted by Gasteiger charge is -2.21. The Morgan fingerprint density at radius 3 is 2.38 bits per heavy atom. The Bertz CT molecular complexity index is 374. The molecule has 0 spiro atoms. The number of para-hydroxylation sites is 2. The quantitative estimate of drug-likeness (QED) is 0.824. The van der Waals surface area contributed by atoms with Crippen LogP contribution in [0.5, 0.6) is 11.5 Å². The Labute approximate surface area is 95.3 Å². The van der Waals surface area contributed by atoms with Gasteiger partial charge in [-0.2, -0.15) is 0 Å². The van der Waals surface area contributed by atoms with Crippen LogP contribution in [0.25, 0.3) is 0 Å². The Morgan fingerprint density at radius 1 is 1.31 bits per heavy atom. The molecule has 0 aromatic heterocycles. The van der Waals surface area contributed by atoms with E-state index in [9.17, 15) is 4.79 Å². The topological polar surface area (TPSA) is 61.6 Å². The third-order valence-electron chi connectivity index (χ3n) is 2.32. The van der Waals surface area contributed by atoms with E-state index in [4.69, 9.17) is 15.2 Å². The van der Waals surface area contributed by atoms with E-state index in [0.717, 1.165) is 0 Å². The lowest BCUT2D eigenvalue weighted by atomic mass is 9.94. The maximum atomic E-state index is 11.1. The second kappa shape index (κ2) is 4.88. The third-order valence-corrected chi connectivity index (χ3v) is 2.32. The fourth-order valence-corrected chi connectivity index (χ4v) is 1.07. The molecule has 0 aliphatic carbocycles. The monoisotopic (exact) mass is 223 g/mol. The van der Waals surface area contributed by atoms with Gasteiger partial charge in [0.1, 0.15) is 6.61 Å². The normalized spacial score (nSPS) is 10.9. The predicted octanol–water partition coefficient (Wildman–Crippen LogP) is 1.59. The molecule has 4 heteroatoms. The molecule has 1 amide bonds. The maximum Gasteiger partial charge on any atom is 0.226 e. The molecule has 0 saturated heterocycles. The van der Waals surface area contributed by atoms with Crippen molar-refractivity contribution in [2.24, 2.45) is 11.1 Å². The highest BCUT2D eigenvalue weighted by Crippen LogP contribution is 2.27. The average Bonchev–Trinajstić information content (AvgIpc) is 2.26. The van der Waals surface area contributed by atoms with Crippen LogP contribution in [0.2, 0.25) is 0 Å². The minimum absolute atomic E-state index is 0.225. The number of primary amides is 1. The van der Waals surface area contributed by atoms with Crippen molar-refractivity contribution in [2.75, 3.05) is 13.7 Å². The summed E-state index contributed by atoms with van der Waals surface area (Å²) >= 11 is 0. The SMILES string of the molecule is COc1ccccc1OCC(C)(C)C(N)=O. The number of amides is 1. The lowest BCUT2D eigenvalue weighted by molar-refractivity contribution is -0.127. The number of benzene rings is 1. The zero-order valence-electron chi connectivity index (χ0n) is 9.82. The molecule has 16 heavy (non-hydrogen) atoms. The summed E-state index contributed by atoms with van der Waals surface area (Å²) in [5.41, 5.74) is 4.56. The second-order valence-electron chi connectivity index (χ2n) is 4.19. The molecule has 0 aliphatic heterocycles. The second-order valence-corrected chi connectivity index (χ2v) is 4.19. The molecule has 0 fully saturated rings. The summed E-state index contributed by atoms with van der Waals surface area (Å²) in [6.45, 7) is 3.71. The van der Waals surface area contributed by atoms with Crippen molar-refractivity contribution < 1.29 is 14.3 Å². The number of carbonyl (C=O) groups excluding carboxylic acids is 1. The van der Waals surface area contributed by atoms with Crippen LogP contribution >= 0.6 is 0 Å². The first-order valence-corrected chi connectivity index (χ1v) is 5.03. The highest BCUT2D eigenvalue weighted by atomic mass is 16.5. The van der Waals surface area contributed by atoms with Crippen molar-refractivity contribution in [2.45, 2.75) is 13.8 Å². The highest BCUT2D eigenvalue weighted by Gasteiger charge is 2.26. The molecule has 0 heterocycles. The zero-order chi connectivity index (χ0) is 12.2. The molecule has 1 rings (SSSR count). The molecular weight excluding hydrogens is 206 g/mol. The van der Waals surface area contributed by atoms with Crippen molar-refractivity contribution in [3.63, 3.8) is 0 Å². The van der Waals surface area contributed by atoms with Crippen LogP contribution in [0.3, 0.4) is 0 Å². The number of nitrogens with two attached hydrogens (primary N) is 1. The minimum Gasteiger partial charge on any atom is -0.493 e. The van der Waals surface area contributed by atoms with Gasteiger partial charge >= 0.3 is 0 Å². The number of rotatable bonds is 5. The maximum absolute atomic E-state index is 11.1. The summed E-state index contributed by atoms with van der Waals surface area (Å²) in [4.78, 5) is 11.1. The van der Waals surface area contributed by atoms with Gasteiger partial charge in [0.2, 0.25) is 5.91 Å². The summed E-state index contributed by atoms with van der Waals surface area (Å²) in [5, 5.41) is 0. The van der Waals surface area contributed by atoms with E-state index in [1.54, 1.807) is 33.1 Å². The van der Waals surface area contributed by atoms with Gasteiger partial charge in [-0.15, -0.1) is 0 Å². The highest BCUT2D eigenvalue weighted by molar-refractivity contribution is 5.80. The molecular formula is C12H17NO3. The molecule has 1 aromatic carbocycles. The fourth-order valence-electron chi connectivity index (χ4n) is 1.07. The fraction of sp³-hybridized carbons (Fsp3) is 0.417. The van der Waals surface area contributed by atoms with Gasteiger partial charge in [-0.3, -0.25) is 4.79 Å². The Hall–Kier alpha value is -1.71. The first-order valence-electron chi connectivity index (χ1n) is 5.03. The third kappa shape index (κ3) is 2.89. The zero-order valence-corrected chi connectivity index (χ0v) is 9.82. The van der Waals surface area contributed by atoms with Gasteiger partial charge in [-0.05, 0) is 26.0 Å². The first kappa shape index (κ1) is 12.4. The van der Waals surface area contributed by atoms with Crippen molar-refractivity contribution in [3.8, 4) is 11.5 Å². The van der Waals surface area contributed by atoms with Gasteiger partial charge in [0, 0.05) is 0 Å².